The molecular weight excluding hydrogens is 314 g/mol. The normalized spacial score (nSPS) is 10.6. The summed E-state index contributed by atoms with van der Waals surface area (Å²) in [4.78, 5) is 12.1. The number of carbonyl (C=O) groups is 1. The van der Waals surface area contributed by atoms with Crippen molar-refractivity contribution in [1.82, 2.24) is 0 Å². The molecule has 21 heavy (non-hydrogen) atoms. The molecule has 0 radical (unpaired) electrons. The lowest BCUT2D eigenvalue weighted by Gasteiger charge is -2.05. The Labute approximate surface area is 129 Å². The summed E-state index contributed by atoms with van der Waals surface area (Å²) in [6.07, 6.45) is 0. The maximum Gasteiger partial charge on any atom is 0.338 e. The Kier molecular flexibility index (Phi) is 5.64. The second kappa shape index (κ2) is 7.47. The molecular formula is C15H12F2O2S2. The molecule has 0 fully saturated rings. The van der Waals surface area contributed by atoms with Gasteiger partial charge in [0, 0.05) is 21.3 Å². The smallest absolute Gasteiger partial charge is 0.338 e. The number of carboxylic acid groups (broad SMARTS) is 1. The van der Waals surface area contributed by atoms with Gasteiger partial charge in [0.1, 0.15) is 11.6 Å². The number of thioether (sulfide) groups is 2. The predicted octanol–water partition coefficient (Wildman–Crippen LogP) is 4.55. The highest BCUT2D eigenvalue weighted by atomic mass is 32.2. The predicted molar refractivity (Wildman–Crippen MR) is 81.2 cm³/mol. The van der Waals surface area contributed by atoms with Crippen LogP contribution in [-0.4, -0.2) is 22.6 Å². The first kappa shape index (κ1) is 15.9. The molecule has 110 valence electrons. The molecule has 0 bridgehead atoms. The molecule has 0 aliphatic rings. The van der Waals surface area contributed by atoms with Gasteiger partial charge in [-0.05, 0) is 30.3 Å². The number of benzene rings is 2. The monoisotopic (exact) mass is 326 g/mol. The first-order chi connectivity index (χ1) is 10.1. The molecule has 2 aromatic rings. The second-order valence-corrected chi connectivity index (χ2v) is 6.38. The quantitative estimate of drug-likeness (QED) is 0.624. The summed E-state index contributed by atoms with van der Waals surface area (Å²) in [5.41, 5.74) is -0.332. The number of carboxylic acids is 1. The Morgan fingerprint density at radius 3 is 2.43 bits per heavy atom. The van der Waals surface area contributed by atoms with Crippen molar-refractivity contribution in [2.75, 3.05) is 11.5 Å². The summed E-state index contributed by atoms with van der Waals surface area (Å²) in [5, 5.41) is 8.85. The lowest BCUT2D eigenvalue weighted by molar-refractivity contribution is 0.0691. The third kappa shape index (κ3) is 4.47. The zero-order valence-corrected chi connectivity index (χ0v) is 12.5. The molecule has 2 rings (SSSR count). The molecule has 2 aromatic carbocycles. The third-order valence-corrected chi connectivity index (χ3v) is 4.92. The van der Waals surface area contributed by atoms with E-state index >= 15 is 0 Å². The van der Waals surface area contributed by atoms with Gasteiger partial charge in [-0.15, -0.1) is 23.5 Å². The van der Waals surface area contributed by atoms with Crippen molar-refractivity contribution in [3.63, 3.8) is 0 Å². The number of halogens is 2. The molecule has 0 aromatic heterocycles. The van der Waals surface area contributed by atoms with E-state index in [1.54, 1.807) is 24.3 Å². The maximum absolute atomic E-state index is 13.4. The van der Waals surface area contributed by atoms with Gasteiger partial charge in [-0.1, -0.05) is 12.1 Å². The van der Waals surface area contributed by atoms with Crippen LogP contribution >= 0.6 is 23.5 Å². The van der Waals surface area contributed by atoms with Crippen molar-refractivity contribution < 1.29 is 18.7 Å². The fourth-order valence-electron chi connectivity index (χ4n) is 1.63. The van der Waals surface area contributed by atoms with E-state index in [0.717, 1.165) is 6.07 Å². The van der Waals surface area contributed by atoms with E-state index in [1.165, 1.54) is 35.7 Å². The summed E-state index contributed by atoms with van der Waals surface area (Å²) in [5.74, 6) is -0.930. The first-order valence-electron chi connectivity index (χ1n) is 6.11. The van der Waals surface area contributed by atoms with Crippen LogP contribution in [-0.2, 0) is 0 Å². The largest absolute Gasteiger partial charge is 0.478 e. The molecule has 6 heteroatoms. The maximum atomic E-state index is 13.4. The van der Waals surface area contributed by atoms with Crippen molar-refractivity contribution in [3.8, 4) is 0 Å². The van der Waals surface area contributed by atoms with Crippen molar-refractivity contribution in [2.24, 2.45) is 0 Å². The Morgan fingerprint density at radius 1 is 1.00 bits per heavy atom. The molecule has 1 N–H and O–H groups in total. The highest BCUT2D eigenvalue weighted by molar-refractivity contribution is 8.03. The van der Waals surface area contributed by atoms with E-state index in [0.29, 0.717) is 21.3 Å². The van der Waals surface area contributed by atoms with E-state index < -0.39 is 11.8 Å². The summed E-state index contributed by atoms with van der Waals surface area (Å²) in [6, 6.07) is 10.5. The summed E-state index contributed by atoms with van der Waals surface area (Å²) >= 11 is 2.81. The highest BCUT2D eigenvalue weighted by Crippen LogP contribution is 2.26. The Balaban J connectivity index is 1.88. The van der Waals surface area contributed by atoms with Crippen LogP contribution in [0.3, 0.4) is 0 Å². The van der Waals surface area contributed by atoms with Crippen LogP contribution in [0.25, 0.3) is 0 Å². The minimum absolute atomic E-state index is 0.248. The minimum atomic E-state index is -1.28. The SMILES string of the molecule is O=C(O)c1cc(SCCSc2ccccc2F)ccc1F. The van der Waals surface area contributed by atoms with E-state index in [-0.39, 0.29) is 11.4 Å². The van der Waals surface area contributed by atoms with Gasteiger partial charge >= 0.3 is 5.97 Å². The highest BCUT2D eigenvalue weighted by Gasteiger charge is 2.11. The zero-order chi connectivity index (χ0) is 15.2. The molecule has 2 nitrogen and oxygen atoms in total. The summed E-state index contributed by atoms with van der Waals surface area (Å²) < 4.78 is 26.6. The lowest BCUT2D eigenvalue weighted by atomic mass is 10.2. The van der Waals surface area contributed by atoms with Gasteiger partial charge in [-0.25, -0.2) is 13.6 Å². The molecule has 0 amide bonds. The van der Waals surface area contributed by atoms with Gasteiger partial charge in [0.25, 0.3) is 0 Å². The Morgan fingerprint density at radius 2 is 1.71 bits per heavy atom. The number of hydrogen-bond donors (Lipinski definition) is 1. The summed E-state index contributed by atoms with van der Waals surface area (Å²) in [6.45, 7) is 0. The average Bonchev–Trinajstić information content (AvgIpc) is 2.46. The molecule has 0 aliphatic heterocycles. The molecule has 0 atom stereocenters. The third-order valence-electron chi connectivity index (χ3n) is 2.61. The standard InChI is InChI=1S/C15H12F2O2S2/c16-12-6-5-10(9-11(12)15(18)19)20-7-8-21-14-4-2-1-3-13(14)17/h1-6,9H,7-8H2,(H,18,19). The Hall–Kier alpha value is -1.53. The second-order valence-electron chi connectivity index (χ2n) is 4.07. The van der Waals surface area contributed by atoms with Gasteiger partial charge in [0.2, 0.25) is 0 Å². The molecule has 0 saturated carbocycles. The Bertz CT molecular complexity index is 647. The van der Waals surface area contributed by atoms with Crippen molar-refractivity contribution in [3.05, 3.63) is 59.7 Å². The van der Waals surface area contributed by atoms with Crippen molar-refractivity contribution in [1.29, 1.82) is 0 Å². The van der Waals surface area contributed by atoms with Crippen LogP contribution < -0.4 is 0 Å². The van der Waals surface area contributed by atoms with Crippen LogP contribution in [0.1, 0.15) is 10.4 Å². The van der Waals surface area contributed by atoms with Crippen LogP contribution in [0, 0.1) is 11.6 Å². The van der Waals surface area contributed by atoms with Crippen LogP contribution in [0.15, 0.2) is 52.3 Å². The van der Waals surface area contributed by atoms with E-state index in [4.69, 9.17) is 5.11 Å². The molecule has 0 unspecified atom stereocenters. The van der Waals surface area contributed by atoms with E-state index in [1.807, 2.05) is 0 Å². The van der Waals surface area contributed by atoms with Gasteiger partial charge in [-0.3, -0.25) is 0 Å². The van der Waals surface area contributed by atoms with E-state index in [2.05, 4.69) is 0 Å². The van der Waals surface area contributed by atoms with Gasteiger partial charge in [0.15, 0.2) is 0 Å². The van der Waals surface area contributed by atoms with Crippen LogP contribution in [0.4, 0.5) is 8.78 Å². The minimum Gasteiger partial charge on any atom is -0.478 e. The van der Waals surface area contributed by atoms with Gasteiger partial charge < -0.3 is 5.11 Å². The number of aromatic carboxylic acids is 1. The van der Waals surface area contributed by atoms with E-state index in [9.17, 15) is 13.6 Å². The summed E-state index contributed by atoms with van der Waals surface area (Å²) in [7, 11) is 0. The molecule has 0 spiro atoms. The fraction of sp³-hybridized carbons (Fsp3) is 0.133. The molecule has 0 aliphatic carbocycles. The lowest BCUT2D eigenvalue weighted by Crippen LogP contribution is -2.00. The van der Waals surface area contributed by atoms with Crippen LogP contribution in [0.5, 0.6) is 0 Å². The van der Waals surface area contributed by atoms with Crippen molar-refractivity contribution >= 4 is 29.5 Å². The van der Waals surface area contributed by atoms with Gasteiger partial charge in [-0.2, -0.15) is 0 Å². The number of rotatable bonds is 6. The average molecular weight is 326 g/mol. The molecule has 0 saturated heterocycles. The number of hydrogen-bond acceptors (Lipinski definition) is 3. The fourth-order valence-corrected chi connectivity index (χ4v) is 3.50. The topological polar surface area (TPSA) is 37.3 Å². The van der Waals surface area contributed by atoms with Crippen LogP contribution in [0.2, 0.25) is 0 Å². The van der Waals surface area contributed by atoms with Gasteiger partial charge in [0.05, 0.1) is 5.56 Å². The van der Waals surface area contributed by atoms with Crippen molar-refractivity contribution in [2.45, 2.75) is 9.79 Å². The first-order valence-corrected chi connectivity index (χ1v) is 8.08. The molecule has 0 heterocycles. The zero-order valence-electron chi connectivity index (χ0n) is 10.9.